The SMILES string of the molecule is CN[C@H](C(=O)N[C@H](C(=O)N(C)[C@H](/C=C(\C)C(=O)N[C@@H](CC(=O)NCCN1C(=O)CC(SC[C@H](N)C(=O)O)C1=O)C(=O)O)C(C)C)C(C)(C)C)C(C)(C)c1ccccc1. The summed E-state index contributed by atoms with van der Waals surface area (Å²) in [6.45, 7) is 14.2. The number of nitrogens with two attached hydrogens (primary N) is 1. The van der Waals surface area contributed by atoms with Crippen LogP contribution < -0.4 is 27.0 Å². The highest BCUT2D eigenvalue weighted by Gasteiger charge is 2.42. The quantitative estimate of drug-likeness (QED) is 0.0671. The van der Waals surface area contributed by atoms with Crippen molar-refractivity contribution in [2.75, 3.05) is 32.9 Å². The number of hydrogen-bond acceptors (Lipinski definition) is 11. The Morgan fingerprint density at radius 2 is 1.59 bits per heavy atom. The lowest BCUT2D eigenvalue weighted by atomic mass is 9.76. The third-order valence-electron chi connectivity index (χ3n) is 10.1. The smallest absolute Gasteiger partial charge is 0.326 e. The van der Waals surface area contributed by atoms with Gasteiger partial charge in [-0.3, -0.25) is 38.5 Å². The average Bonchev–Trinajstić information content (AvgIpc) is 3.41. The average molecular weight is 832 g/mol. The first-order valence-electron chi connectivity index (χ1n) is 19.1. The van der Waals surface area contributed by atoms with Crippen LogP contribution in [-0.2, 0) is 43.8 Å². The molecule has 1 aromatic rings. The molecule has 322 valence electrons. The Morgan fingerprint density at radius 3 is 2.10 bits per heavy atom. The van der Waals surface area contributed by atoms with E-state index in [4.69, 9.17) is 10.8 Å². The minimum Gasteiger partial charge on any atom is -0.480 e. The van der Waals surface area contributed by atoms with Crippen molar-refractivity contribution in [2.45, 2.75) is 109 Å². The van der Waals surface area contributed by atoms with Gasteiger partial charge in [-0.1, -0.05) is 84.9 Å². The third kappa shape index (κ3) is 13.4. The van der Waals surface area contributed by atoms with Crippen LogP contribution in [0.5, 0.6) is 0 Å². The van der Waals surface area contributed by atoms with Crippen molar-refractivity contribution >= 4 is 59.1 Å². The van der Waals surface area contributed by atoms with Crippen LogP contribution in [0.1, 0.15) is 73.8 Å². The molecule has 0 radical (unpaired) electrons. The Hall–Kier alpha value is -4.81. The summed E-state index contributed by atoms with van der Waals surface area (Å²) >= 11 is 0.957. The van der Waals surface area contributed by atoms with Crippen molar-refractivity contribution in [3.8, 4) is 0 Å². The molecule has 1 aliphatic heterocycles. The van der Waals surface area contributed by atoms with Crippen LogP contribution >= 0.6 is 11.8 Å². The van der Waals surface area contributed by atoms with Crippen LogP contribution in [0, 0.1) is 11.3 Å². The lowest BCUT2D eigenvalue weighted by Gasteiger charge is -2.40. The van der Waals surface area contributed by atoms with E-state index in [1.807, 2.05) is 78.8 Å². The maximum Gasteiger partial charge on any atom is 0.326 e. The molecule has 1 fully saturated rings. The molecule has 1 aromatic carbocycles. The largest absolute Gasteiger partial charge is 0.480 e. The number of likely N-dealkylation sites (tertiary alicyclic amines) is 1. The van der Waals surface area contributed by atoms with Gasteiger partial charge in [0.15, 0.2) is 0 Å². The Bertz CT molecular complexity index is 1710. The summed E-state index contributed by atoms with van der Waals surface area (Å²) in [7, 11) is 3.26. The summed E-state index contributed by atoms with van der Waals surface area (Å²) in [6, 6.07) is 4.42. The fourth-order valence-electron chi connectivity index (χ4n) is 6.51. The molecule has 8 N–H and O–H groups in total. The number of nitrogens with zero attached hydrogens (tertiary/aromatic N) is 2. The van der Waals surface area contributed by atoms with Crippen LogP contribution in [0.25, 0.3) is 0 Å². The normalized spacial score (nSPS) is 17.6. The highest BCUT2D eigenvalue weighted by Crippen LogP contribution is 2.29. The number of benzene rings is 1. The zero-order chi connectivity index (χ0) is 44.3. The number of nitrogens with one attached hydrogen (secondary N) is 4. The lowest BCUT2D eigenvalue weighted by molar-refractivity contribution is -0.143. The molecule has 0 aromatic heterocycles. The van der Waals surface area contributed by atoms with Gasteiger partial charge in [0.25, 0.3) is 0 Å². The van der Waals surface area contributed by atoms with Crippen molar-refractivity contribution in [3.05, 3.63) is 47.5 Å². The summed E-state index contributed by atoms with van der Waals surface area (Å²) in [5, 5.41) is 28.9. The van der Waals surface area contributed by atoms with E-state index in [0.29, 0.717) is 0 Å². The van der Waals surface area contributed by atoms with Gasteiger partial charge in [-0.25, -0.2) is 4.79 Å². The van der Waals surface area contributed by atoms with Crippen molar-refractivity contribution < 1.29 is 48.6 Å². The van der Waals surface area contributed by atoms with Gasteiger partial charge >= 0.3 is 11.9 Å². The summed E-state index contributed by atoms with van der Waals surface area (Å²) in [4.78, 5) is 105. The second kappa shape index (κ2) is 21.3. The molecule has 58 heavy (non-hydrogen) atoms. The van der Waals surface area contributed by atoms with Crippen LogP contribution in [-0.4, -0.2) is 136 Å². The second-order valence-corrected chi connectivity index (χ2v) is 17.7. The van der Waals surface area contributed by atoms with Gasteiger partial charge in [-0.15, -0.1) is 11.8 Å². The minimum absolute atomic E-state index is 0.0724. The van der Waals surface area contributed by atoms with Crippen molar-refractivity contribution in [2.24, 2.45) is 17.1 Å². The predicted octanol–water partition coefficient (Wildman–Crippen LogP) is 0.861. The highest BCUT2D eigenvalue weighted by molar-refractivity contribution is 8.00. The number of carbonyl (C=O) groups is 8. The first-order valence-corrected chi connectivity index (χ1v) is 20.1. The van der Waals surface area contributed by atoms with E-state index in [-0.39, 0.29) is 42.7 Å². The predicted molar refractivity (Wildman–Crippen MR) is 219 cm³/mol. The number of carboxylic acids is 2. The van der Waals surface area contributed by atoms with E-state index in [1.54, 1.807) is 14.1 Å². The van der Waals surface area contributed by atoms with Crippen molar-refractivity contribution in [1.29, 1.82) is 0 Å². The molecule has 6 amide bonds. The number of likely N-dealkylation sites (N-methyl/N-ethyl adjacent to an activating group) is 2. The molecular formula is C40H61N7O10S. The summed E-state index contributed by atoms with van der Waals surface area (Å²) < 4.78 is 0. The summed E-state index contributed by atoms with van der Waals surface area (Å²) in [5.41, 5.74) is 5.14. The topological polar surface area (TPSA) is 258 Å². The summed E-state index contributed by atoms with van der Waals surface area (Å²) in [5.74, 6) is -6.37. The monoisotopic (exact) mass is 831 g/mol. The molecule has 0 spiro atoms. The second-order valence-electron chi connectivity index (χ2n) is 16.4. The molecule has 0 saturated carbocycles. The molecule has 1 saturated heterocycles. The van der Waals surface area contributed by atoms with Gasteiger partial charge < -0.3 is 42.1 Å². The number of carbonyl (C=O) groups excluding carboxylic acids is 6. The number of aliphatic carboxylic acids is 2. The fourth-order valence-corrected chi connectivity index (χ4v) is 7.62. The number of thioether (sulfide) groups is 1. The maximum atomic E-state index is 14.2. The van der Waals surface area contributed by atoms with Crippen LogP contribution in [0.15, 0.2) is 42.0 Å². The van der Waals surface area contributed by atoms with Crippen LogP contribution in [0.3, 0.4) is 0 Å². The number of imide groups is 1. The molecular weight excluding hydrogens is 771 g/mol. The standard InChI is InChI=1S/C40H61N7O10S/c1-22(2)27(46(10)36(53)32(39(4,5)6)45-34(51)31(42-9)40(7,8)24-14-12-11-13-15-24)18-23(3)33(50)44-26(38(56)57)19-29(48)43-16-17-47-30(49)20-28(35(47)52)58-21-25(41)37(54)55/h11-15,18,22,25-28,31-32,42H,16-17,19-21,41H2,1-10H3,(H,43,48)(H,44,50)(H,45,51)(H,54,55)(H,56,57)/b23-18+/t25-,26-,27+,28?,31+,32+/m0/s1. The summed E-state index contributed by atoms with van der Waals surface area (Å²) in [6.07, 6.45) is 0.734. The van der Waals surface area contributed by atoms with Gasteiger partial charge in [0.2, 0.25) is 35.4 Å². The van der Waals surface area contributed by atoms with Gasteiger partial charge in [0, 0.05) is 43.3 Å². The molecule has 6 atom stereocenters. The first-order chi connectivity index (χ1) is 26.8. The Kier molecular flexibility index (Phi) is 18.1. The number of amides is 6. The van der Waals surface area contributed by atoms with E-state index in [2.05, 4.69) is 21.3 Å². The highest BCUT2D eigenvalue weighted by atomic mass is 32.2. The van der Waals surface area contributed by atoms with Gasteiger partial charge in [-0.05, 0) is 30.9 Å². The van der Waals surface area contributed by atoms with Crippen LogP contribution in [0.4, 0.5) is 0 Å². The number of hydrogen-bond donors (Lipinski definition) is 7. The van der Waals surface area contributed by atoms with Crippen molar-refractivity contribution in [3.63, 3.8) is 0 Å². The van der Waals surface area contributed by atoms with E-state index < -0.39 is 94.2 Å². The number of carboxylic acid groups (broad SMARTS) is 2. The van der Waals surface area contributed by atoms with Crippen LogP contribution in [0.2, 0.25) is 0 Å². The molecule has 1 aliphatic rings. The zero-order valence-electron chi connectivity index (χ0n) is 35.1. The fraction of sp³-hybridized carbons (Fsp3) is 0.600. The van der Waals surface area contributed by atoms with Crippen molar-refractivity contribution in [1.82, 2.24) is 31.1 Å². The maximum absolute atomic E-state index is 14.2. The third-order valence-corrected chi connectivity index (χ3v) is 11.4. The molecule has 2 rings (SSSR count). The van der Waals surface area contributed by atoms with E-state index >= 15 is 0 Å². The molecule has 0 aliphatic carbocycles. The molecule has 17 nitrogen and oxygen atoms in total. The molecule has 1 heterocycles. The Morgan fingerprint density at radius 1 is 0.983 bits per heavy atom. The number of rotatable bonds is 21. The first kappa shape index (κ1) is 49.3. The Labute approximate surface area is 344 Å². The van der Waals surface area contributed by atoms with Gasteiger partial charge in [-0.2, -0.15) is 0 Å². The molecule has 18 heteroatoms. The minimum atomic E-state index is -1.64. The zero-order valence-corrected chi connectivity index (χ0v) is 35.9. The Balaban J connectivity index is 2.11. The van der Waals surface area contributed by atoms with Gasteiger partial charge in [0.1, 0.15) is 18.1 Å². The van der Waals surface area contributed by atoms with E-state index in [1.165, 1.54) is 17.9 Å². The van der Waals surface area contributed by atoms with E-state index in [0.717, 1.165) is 22.2 Å². The lowest BCUT2D eigenvalue weighted by Crippen LogP contribution is -2.61. The van der Waals surface area contributed by atoms with Gasteiger partial charge in [0.05, 0.1) is 23.8 Å². The van der Waals surface area contributed by atoms with E-state index in [9.17, 15) is 43.5 Å². The molecule has 1 unspecified atom stereocenters. The molecule has 0 bridgehead atoms.